The van der Waals surface area contributed by atoms with Crippen molar-refractivity contribution in [1.82, 2.24) is 0 Å². The van der Waals surface area contributed by atoms with E-state index in [0.29, 0.717) is 5.92 Å². The summed E-state index contributed by atoms with van der Waals surface area (Å²) >= 11 is 0. The molecule has 1 N–H and O–H groups in total. The van der Waals surface area contributed by atoms with E-state index in [1.807, 2.05) is 20.8 Å². The molecule has 2 heteroatoms. The Balaban J connectivity index is 0.000000671. The van der Waals surface area contributed by atoms with Gasteiger partial charge in [0.25, 0.3) is 0 Å². The quantitative estimate of drug-likeness (QED) is 0.721. The van der Waals surface area contributed by atoms with Gasteiger partial charge in [-0.3, -0.25) is 0 Å². The van der Waals surface area contributed by atoms with Gasteiger partial charge in [0, 0.05) is 13.7 Å². The zero-order valence-corrected chi connectivity index (χ0v) is 9.47. The molecule has 1 aliphatic rings. The molecule has 1 rings (SSSR count). The predicted octanol–water partition coefficient (Wildman–Crippen LogP) is 2.60. The summed E-state index contributed by atoms with van der Waals surface area (Å²) in [6.07, 6.45) is 4.09. The lowest BCUT2D eigenvalue weighted by Gasteiger charge is -2.32. The molecule has 0 aromatic carbocycles. The second-order valence-corrected chi connectivity index (χ2v) is 3.90. The van der Waals surface area contributed by atoms with E-state index in [2.05, 4.69) is 0 Å². The highest BCUT2D eigenvalue weighted by atomic mass is 16.5. The second kappa shape index (κ2) is 6.39. The summed E-state index contributed by atoms with van der Waals surface area (Å²) in [6, 6.07) is 0. The maximum atomic E-state index is 9.62. The Morgan fingerprint density at radius 2 is 1.77 bits per heavy atom. The number of rotatable bonds is 2. The summed E-state index contributed by atoms with van der Waals surface area (Å²) in [6.45, 7) is 6.78. The first-order chi connectivity index (χ1) is 6.14. The van der Waals surface area contributed by atoms with Crippen molar-refractivity contribution in [2.24, 2.45) is 5.92 Å². The first kappa shape index (κ1) is 12.9. The average Bonchev–Trinajstić information content (AvgIpc) is 2.13. The molecule has 0 amide bonds. The van der Waals surface area contributed by atoms with Crippen LogP contribution in [0.25, 0.3) is 0 Å². The van der Waals surface area contributed by atoms with Crippen molar-refractivity contribution in [1.29, 1.82) is 0 Å². The minimum atomic E-state index is -0.399. The monoisotopic (exact) mass is 188 g/mol. The maximum absolute atomic E-state index is 9.62. The highest BCUT2D eigenvalue weighted by molar-refractivity contribution is 4.80. The van der Waals surface area contributed by atoms with Crippen LogP contribution in [0.4, 0.5) is 0 Å². The highest BCUT2D eigenvalue weighted by Gasteiger charge is 2.28. The molecule has 0 aromatic rings. The van der Waals surface area contributed by atoms with Crippen LogP contribution in [0.5, 0.6) is 0 Å². The molecule has 0 aromatic heterocycles. The first-order valence-electron chi connectivity index (χ1n) is 5.35. The third-order valence-corrected chi connectivity index (χ3v) is 2.58. The molecule has 0 bridgehead atoms. The molecule has 80 valence electrons. The largest absolute Gasteiger partial charge is 0.390 e. The number of methoxy groups -OCH3 is 1. The van der Waals surface area contributed by atoms with Gasteiger partial charge >= 0.3 is 0 Å². The normalized spacial score (nSPS) is 33.5. The topological polar surface area (TPSA) is 29.5 Å². The van der Waals surface area contributed by atoms with Gasteiger partial charge in [-0.1, -0.05) is 13.8 Å². The smallest absolute Gasteiger partial charge is 0.0620 e. The Hall–Kier alpha value is -0.0800. The van der Waals surface area contributed by atoms with E-state index in [1.165, 1.54) is 0 Å². The molecule has 0 atom stereocenters. The molecule has 1 saturated carbocycles. The van der Waals surface area contributed by atoms with Gasteiger partial charge in [-0.2, -0.15) is 0 Å². The maximum Gasteiger partial charge on any atom is 0.0620 e. The van der Waals surface area contributed by atoms with Crippen LogP contribution in [0, 0.1) is 5.92 Å². The summed E-state index contributed by atoms with van der Waals surface area (Å²) in [7, 11) is 1.74. The van der Waals surface area contributed by atoms with Crippen LogP contribution < -0.4 is 0 Å². The Morgan fingerprint density at radius 3 is 2.15 bits per heavy atom. The molecule has 1 aliphatic carbocycles. The zero-order chi connectivity index (χ0) is 10.3. The van der Waals surface area contributed by atoms with Crippen molar-refractivity contribution in [3.63, 3.8) is 0 Å². The molecular formula is C11H24O2. The predicted molar refractivity (Wildman–Crippen MR) is 55.8 cm³/mol. The number of aliphatic hydroxyl groups is 1. The Bertz CT molecular complexity index is 111. The standard InChI is InChI=1S/C9H18O2.C2H6/c1-9(10)5-3-8(4-6-9)7-11-2;1-2/h8,10H,3-7H2,1-2H3;1-2H3. The van der Waals surface area contributed by atoms with Gasteiger partial charge in [0.1, 0.15) is 0 Å². The van der Waals surface area contributed by atoms with Crippen molar-refractivity contribution < 1.29 is 9.84 Å². The van der Waals surface area contributed by atoms with E-state index in [9.17, 15) is 5.11 Å². The molecule has 0 radical (unpaired) electrons. The van der Waals surface area contributed by atoms with Crippen LogP contribution in [-0.4, -0.2) is 24.4 Å². The van der Waals surface area contributed by atoms with Crippen LogP contribution in [0.2, 0.25) is 0 Å². The first-order valence-corrected chi connectivity index (χ1v) is 5.35. The van der Waals surface area contributed by atoms with Crippen molar-refractivity contribution in [3.8, 4) is 0 Å². The van der Waals surface area contributed by atoms with Crippen LogP contribution in [-0.2, 0) is 4.74 Å². The summed E-state index contributed by atoms with van der Waals surface area (Å²) in [5, 5.41) is 9.62. The molecule has 13 heavy (non-hydrogen) atoms. The van der Waals surface area contributed by atoms with Crippen LogP contribution in [0.3, 0.4) is 0 Å². The van der Waals surface area contributed by atoms with Gasteiger partial charge in [-0.05, 0) is 38.5 Å². The number of hydrogen-bond donors (Lipinski definition) is 1. The highest BCUT2D eigenvalue weighted by Crippen LogP contribution is 2.31. The van der Waals surface area contributed by atoms with Crippen molar-refractivity contribution >= 4 is 0 Å². The van der Waals surface area contributed by atoms with Crippen molar-refractivity contribution in [3.05, 3.63) is 0 Å². The van der Waals surface area contributed by atoms with Gasteiger partial charge in [-0.25, -0.2) is 0 Å². The fraction of sp³-hybridized carbons (Fsp3) is 1.00. The average molecular weight is 188 g/mol. The minimum absolute atomic E-state index is 0.399. The summed E-state index contributed by atoms with van der Waals surface area (Å²) in [5.41, 5.74) is -0.399. The molecule has 2 nitrogen and oxygen atoms in total. The van der Waals surface area contributed by atoms with Gasteiger partial charge in [0.05, 0.1) is 5.60 Å². The third kappa shape index (κ3) is 5.27. The number of ether oxygens (including phenoxy) is 1. The summed E-state index contributed by atoms with van der Waals surface area (Å²) in [5.74, 6) is 0.681. The van der Waals surface area contributed by atoms with E-state index < -0.39 is 5.60 Å². The molecule has 1 fully saturated rings. The molecule has 0 spiro atoms. The van der Waals surface area contributed by atoms with Gasteiger partial charge < -0.3 is 9.84 Å². The van der Waals surface area contributed by atoms with Gasteiger partial charge in [0.15, 0.2) is 0 Å². The SMILES string of the molecule is CC.COCC1CCC(C)(O)CC1. The van der Waals surface area contributed by atoms with Crippen molar-refractivity contribution in [2.75, 3.05) is 13.7 Å². The minimum Gasteiger partial charge on any atom is -0.390 e. The lowest BCUT2D eigenvalue weighted by molar-refractivity contribution is -0.00457. The molecule has 0 heterocycles. The van der Waals surface area contributed by atoms with E-state index in [1.54, 1.807) is 7.11 Å². The molecular weight excluding hydrogens is 164 g/mol. The third-order valence-electron chi connectivity index (χ3n) is 2.58. The summed E-state index contributed by atoms with van der Waals surface area (Å²) in [4.78, 5) is 0. The fourth-order valence-electron chi connectivity index (χ4n) is 1.70. The zero-order valence-electron chi connectivity index (χ0n) is 9.47. The molecule has 0 unspecified atom stereocenters. The lowest BCUT2D eigenvalue weighted by Crippen LogP contribution is -2.31. The molecule has 0 aliphatic heterocycles. The van der Waals surface area contributed by atoms with E-state index >= 15 is 0 Å². The fourth-order valence-corrected chi connectivity index (χ4v) is 1.70. The lowest BCUT2D eigenvalue weighted by atomic mass is 9.80. The van der Waals surface area contributed by atoms with Crippen molar-refractivity contribution in [2.45, 2.75) is 52.1 Å². The van der Waals surface area contributed by atoms with Crippen LogP contribution in [0.15, 0.2) is 0 Å². The van der Waals surface area contributed by atoms with Gasteiger partial charge in [0.2, 0.25) is 0 Å². The van der Waals surface area contributed by atoms with E-state index in [4.69, 9.17) is 4.74 Å². The van der Waals surface area contributed by atoms with E-state index in [-0.39, 0.29) is 0 Å². The van der Waals surface area contributed by atoms with Crippen LogP contribution >= 0.6 is 0 Å². The second-order valence-electron chi connectivity index (χ2n) is 3.90. The van der Waals surface area contributed by atoms with Gasteiger partial charge in [-0.15, -0.1) is 0 Å². The Kier molecular flexibility index (Phi) is 6.35. The summed E-state index contributed by atoms with van der Waals surface area (Å²) < 4.78 is 5.07. The van der Waals surface area contributed by atoms with E-state index in [0.717, 1.165) is 32.3 Å². The molecule has 0 saturated heterocycles. The Labute approximate surface area is 82.3 Å². The Morgan fingerprint density at radius 1 is 1.31 bits per heavy atom. The van der Waals surface area contributed by atoms with Crippen LogP contribution in [0.1, 0.15) is 46.5 Å². The number of hydrogen-bond acceptors (Lipinski definition) is 2.